The van der Waals surface area contributed by atoms with E-state index in [1.165, 1.54) is 205 Å². The number of esters is 3. The van der Waals surface area contributed by atoms with Gasteiger partial charge in [0.05, 0.1) is 0 Å². The maximum Gasteiger partial charge on any atom is 0.306 e. The average Bonchev–Trinajstić information content (AvgIpc) is 3.39. The third-order valence-corrected chi connectivity index (χ3v) is 14.0. The highest BCUT2D eigenvalue weighted by atomic mass is 16.6. The van der Waals surface area contributed by atoms with E-state index >= 15 is 0 Å². The fraction of sp³-hybridized carbons (Fsp3) is 0.806. The van der Waals surface area contributed by atoms with Crippen LogP contribution in [0, 0.1) is 0 Å². The molecule has 424 valence electrons. The monoisotopic (exact) mass is 1020 g/mol. The molecular formula is C67H120O6. The van der Waals surface area contributed by atoms with Gasteiger partial charge in [0.2, 0.25) is 0 Å². The number of allylic oxidation sites excluding steroid dienone is 10. The summed E-state index contributed by atoms with van der Waals surface area (Å²) in [7, 11) is 0. The van der Waals surface area contributed by atoms with Gasteiger partial charge in [-0.05, 0) is 83.5 Å². The Morgan fingerprint density at radius 1 is 0.288 bits per heavy atom. The normalized spacial score (nSPS) is 12.4. The van der Waals surface area contributed by atoms with Crippen molar-refractivity contribution in [2.24, 2.45) is 0 Å². The van der Waals surface area contributed by atoms with Gasteiger partial charge < -0.3 is 14.2 Å². The Morgan fingerprint density at radius 2 is 0.534 bits per heavy atom. The molecule has 0 N–H and O–H groups in total. The molecule has 0 aliphatic heterocycles. The van der Waals surface area contributed by atoms with E-state index in [2.05, 4.69) is 81.5 Å². The molecule has 6 heteroatoms. The largest absolute Gasteiger partial charge is 0.462 e. The molecule has 0 heterocycles. The van der Waals surface area contributed by atoms with Gasteiger partial charge in [0.1, 0.15) is 13.2 Å². The van der Waals surface area contributed by atoms with Gasteiger partial charge in [0, 0.05) is 19.3 Å². The molecule has 0 radical (unpaired) electrons. The first-order valence-electron chi connectivity index (χ1n) is 31.8. The van der Waals surface area contributed by atoms with Crippen LogP contribution in [0.3, 0.4) is 0 Å². The van der Waals surface area contributed by atoms with E-state index in [1.807, 2.05) is 0 Å². The Kier molecular flexibility index (Phi) is 59.2. The lowest BCUT2D eigenvalue weighted by Crippen LogP contribution is -2.30. The molecule has 0 unspecified atom stereocenters. The summed E-state index contributed by atoms with van der Waals surface area (Å²) in [6.07, 6.45) is 78.0. The summed E-state index contributed by atoms with van der Waals surface area (Å²) in [6, 6.07) is 0. The number of rotatable bonds is 58. The summed E-state index contributed by atoms with van der Waals surface area (Å²) < 4.78 is 16.9. The van der Waals surface area contributed by atoms with Crippen LogP contribution in [0.15, 0.2) is 60.8 Å². The molecule has 0 fully saturated rings. The number of hydrogen-bond donors (Lipinski definition) is 0. The van der Waals surface area contributed by atoms with Crippen LogP contribution in [0.5, 0.6) is 0 Å². The molecule has 0 rings (SSSR count). The van der Waals surface area contributed by atoms with Crippen molar-refractivity contribution in [3.8, 4) is 0 Å². The number of unbranched alkanes of at least 4 members (excludes halogenated alkanes) is 37. The fourth-order valence-corrected chi connectivity index (χ4v) is 9.25. The lowest BCUT2D eigenvalue weighted by atomic mass is 10.0. The lowest BCUT2D eigenvalue weighted by Gasteiger charge is -2.18. The summed E-state index contributed by atoms with van der Waals surface area (Å²) in [6.45, 7) is 6.54. The highest BCUT2D eigenvalue weighted by molar-refractivity contribution is 5.71. The average molecular weight is 1020 g/mol. The van der Waals surface area contributed by atoms with E-state index in [1.54, 1.807) is 0 Å². The summed E-state index contributed by atoms with van der Waals surface area (Å²) >= 11 is 0. The van der Waals surface area contributed by atoms with Gasteiger partial charge in [0.15, 0.2) is 6.10 Å². The number of ether oxygens (including phenoxy) is 3. The first-order chi connectivity index (χ1) is 36.0. The Labute approximate surface area is 453 Å². The minimum Gasteiger partial charge on any atom is -0.462 e. The predicted octanol–water partition coefficient (Wildman–Crippen LogP) is 21.6. The van der Waals surface area contributed by atoms with Crippen LogP contribution >= 0.6 is 0 Å². The molecule has 6 nitrogen and oxygen atoms in total. The van der Waals surface area contributed by atoms with Crippen LogP contribution < -0.4 is 0 Å². The maximum absolute atomic E-state index is 12.9. The Hall–Kier alpha value is -2.89. The Bertz CT molecular complexity index is 1310. The van der Waals surface area contributed by atoms with Gasteiger partial charge in [0.25, 0.3) is 0 Å². The van der Waals surface area contributed by atoms with Crippen LogP contribution in [0.4, 0.5) is 0 Å². The third-order valence-electron chi connectivity index (χ3n) is 14.0. The smallest absolute Gasteiger partial charge is 0.306 e. The maximum atomic E-state index is 12.9. The SMILES string of the molecule is CC/C=C\C/C=C\C/C=C\C/C=C\CCCCC(=O)OC[C@H](COC(=O)CCCCCCCCCCCCC/C=C\CCCCCCCC)OC(=O)CCCCCCCCCCCCCCCCCCCCC. The van der Waals surface area contributed by atoms with Crippen molar-refractivity contribution in [2.45, 2.75) is 335 Å². The number of carbonyl (C=O) groups is 3. The Morgan fingerprint density at radius 3 is 0.877 bits per heavy atom. The highest BCUT2D eigenvalue weighted by Gasteiger charge is 2.19. The summed E-state index contributed by atoms with van der Waals surface area (Å²) in [4.78, 5) is 38.3. The van der Waals surface area contributed by atoms with Crippen molar-refractivity contribution in [1.82, 2.24) is 0 Å². The van der Waals surface area contributed by atoms with Crippen LogP contribution in [0.2, 0.25) is 0 Å². The molecule has 0 aromatic rings. The molecule has 0 saturated heterocycles. The summed E-state index contributed by atoms with van der Waals surface area (Å²) in [5.74, 6) is -0.910. The second kappa shape index (κ2) is 61.7. The predicted molar refractivity (Wildman–Crippen MR) is 316 cm³/mol. The van der Waals surface area contributed by atoms with Crippen molar-refractivity contribution in [1.29, 1.82) is 0 Å². The van der Waals surface area contributed by atoms with Crippen LogP contribution in [-0.2, 0) is 28.6 Å². The molecule has 0 spiro atoms. The van der Waals surface area contributed by atoms with Crippen molar-refractivity contribution in [3.05, 3.63) is 60.8 Å². The number of hydrogen-bond acceptors (Lipinski definition) is 6. The van der Waals surface area contributed by atoms with Crippen molar-refractivity contribution < 1.29 is 28.6 Å². The van der Waals surface area contributed by atoms with Crippen molar-refractivity contribution in [2.75, 3.05) is 13.2 Å². The minimum atomic E-state index is -0.790. The zero-order valence-corrected chi connectivity index (χ0v) is 48.7. The molecular weight excluding hydrogens is 901 g/mol. The zero-order chi connectivity index (χ0) is 52.9. The summed E-state index contributed by atoms with van der Waals surface area (Å²) in [5, 5.41) is 0. The molecule has 73 heavy (non-hydrogen) atoms. The van der Waals surface area contributed by atoms with Crippen LogP contribution in [0.25, 0.3) is 0 Å². The van der Waals surface area contributed by atoms with E-state index < -0.39 is 6.10 Å². The zero-order valence-electron chi connectivity index (χ0n) is 48.7. The lowest BCUT2D eigenvalue weighted by molar-refractivity contribution is -0.167. The first kappa shape index (κ1) is 70.1. The van der Waals surface area contributed by atoms with Gasteiger partial charge in [-0.1, -0.05) is 287 Å². The minimum absolute atomic E-state index is 0.0845. The molecule has 1 atom stereocenters. The van der Waals surface area contributed by atoms with Crippen molar-refractivity contribution in [3.63, 3.8) is 0 Å². The standard InChI is InChI=1S/C67H120O6/c1-4-7-10-13-16-19-22-25-28-30-32-33-35-36-39-42-45-48-51-54-57-60-66(69)72-63-64(62-71-65(68)59-56-53-50-47-44-41-38-27-24-21-18-15-12-9-6-3)73-67(70)61-58-55-52-49-46-43-40-37-34-31-29-26-23-20-17-14-11-8-5-2/h9,12,18,21,25,27-28,38,44,47,64H,4-8,10-11,13-17,19-20,22-24,26,29-37,39-43,45-46,48-63H2,1-3H3/b12-9-,21-18-,28-25-,38-27-,47-44-/t64-/m1/s1. The first-order valence-corrected chi connectivity index (χ1v) is 31.8. The van der Waals surface area contributed by atoms with Gasteiger partial charge in [-0.25, -0.2) is 0 Å². The topological polar surface area (TPSA) is 78.9 Å². The second-order valence-corrected chi connectivity index (χ2v) is 21.3. The molecule has 0 aliphatic rings. The Balaban J connectivity index is 4.36. The van der Waals surface area contributed by atoms with Crippen LogP contribution in [-0.4, -0.2) is 37.2 Å². The van der Waals surface area contributed by atoms with E-state index in [-0.39, 0.29) is 31.1 Å². The molecule has 0 saturated carbocycles. The van der Waals surface area contributed by atoms with E-state index in [4.69, 9.17) is 14.2 Å². The molecule has 0 bridgehead atoms. The molecule has 0 aliphatic carbocycles. The van der Waals surface area contributed by atoms with E-state index in [0.29, 0.717) is 19.3 Å². The molecule has 0 aromatic heterocycles. The number of carbonyl (C=O) groups excluding carboxylic acids is 3. The quantitative estimate of drug-likeness (QED) is 0.0261. The van der Waals surface area contributed by atoms with Gasteiger partial charge in [-0.2, -0.15) is 0 Å². The highest BCUT2D eigenvalue weighted by Crippen LogP contribution is 2.17. The van der Waals surface area contributed by atoms with Gasteiger partial charge in [-0.3, -0.25) is 14.4 Å². The molecule has 0 amide bonds. The molecule has 0 aromatic carbocycles. The van der Waals surface area contributed by atoms with E-state index in [0.717, 1.165) is 83.5 Å². The third kappa shape index (κ3) is 59.9. The van der Waals surface area contributed by atoms with E-state index in [9.17, 15) is 14.4 Å². The second-order valence-electron chi connectivity index (χ2n) is 21.3. The van der Waals surface area contributed by atoms with Crippen molar-refractivity contribution >= 4 is 17.9 Å². The van der Waals surface area contributed by atoms with Gasteiger partial charge in [-0.15, -0.1) is 0 Å². The van der Waals surface area contributed by atoms with Crippen LogP contribution in [0.1, 0.15) is 329 Å². The van der Waals surface area contributed by atoms with Gasteiger partial charge >= 0.3 is 17.9 Å². The fourth-order valence-electron chi connectivity index (χ4n) is 9.25. The summed E-state index contributed by atoms with van der Waals surface area (Å²) in [5.41, 5.74) is 0.